The van der Waals surface area contributed by atoms with E-state index < -0.39 is 11.2 Å². The number of rotatable bonds is 8. The zero-order valence-electron chi connectivity index (χ0n) is 20.2. The summed E-state index contributed by atoms with van der Waals surface area (Å²) in [6.45, 7) is 15.1. The van der Waals surface area contributed by atoms with Crippen LogP contribution in [0.5, 0.6) is 0 Å². The zero-order valence-corrected chi connectivity index (χ0v) is 21.1. The highest BCUT2D eigenvalue weighted by Gasteiger charge is 2.29. The molecular weight excluding hydrogens is 456 g/mol. The minimum atomic E-state index is -0.668. The second kappa shape index (κ2) is 11.6. The Kier molecular flexibility index (Phi) is 8.28. The number of carbonyl (C=O) groups is 1. The van der Waals surface area contributed by atoms with E-state index in [1.807, 2.05) is 37.3 Å². The van der Waals surface area contributed by atoms with Gasteiger partial charge in [0.15, 0.2) is 0 Å². The molecule has 0 radical (unpaired) electrons. The largest absolute Gasteiger partial charge is 0.368 e. The first-order valence-electron chi connectivity index (χ1n) is 12.4. The van der Waals surface area contributed by atoms with Crippen molar-refractivity contribution in [1.82, 2.24) is 9.88 Å². The number of hydrogen-bond acceptors (Lipinski definition) is 6. The van der Waals surface area contributed by atoms with Gasteiger partial charge in [0, 0.05) is 19.6 Å². The number of carbonyl (C=O) groups excluding carboxylic acids is 1. The molecule has 35 heavy (non-hydrogen) atoms. The van der Waals surface area contributed by atoms with Crippen LogP contribution in [0.25, 0.3) is 4.85 Å². The summed E-state index contributed by atoms with van der Waals surface area (Å²) in [6, 6.07) is 11.6. The molecule has 1 atom stereocenters. The van der Waals surface area contributed by atoms with Crippen LogP contribution in [0.15, 0.2) is 35.4 Å². The van der Waals surface area contributed by atoms with Gasteiger partial charge in [-0.15, -0.1) is 0 Å². The van der Waals surface area contributed by atoms with Crippen molar-refractivity contribution in [3.05, 3.63) is 58.4 Å². The van der Waals surface area contributed by atoms with Crippen LogP contribution in [0.4, 0.5) is 11.5 Å². The summed E-state index contributed by atoms with van der Waals surface area (Å²) in [4.78, 5) is 25.8. The number of pyridine rings is 1. The number of nitrogens with zero attached hydrogens (tertiary/aromatic N) is 5. The Hall–Kier alpha value is -3.07. The molecule has 2 aromatic rings. The van der Waals surface area contributed by atoms with Gasteiger partial charge >= 0.3 is 0 Å². The second-order valence-electron chi connectivity index (χ2n) is 9.27. The van der Waals surface area contributed by atoms with Gasteiger partial charge in [0.2, 0.25) is 11.6 Å². The molecule has 2 aliphatic heterocycles. The summed E-state index contributed by atoms with van der Waals surface area (Å²) >= 11 is 1.21. The Morgan fingerprint density at radius 2 is 1.94 bits per heavy atom. The van der Waals surface area contributed by atoms with E-state index in [-0.39, 0.29) is 0 Å². The van der Waals surface area contributed by atoms with E-state index in [2.05, 4.69) is 20.7 Å². The smallest absolute Gasteiger partial charge is 0.235 e. The maximum atomic E-state index is 12.4. The molecule has 0 aliphatic carbocycles. The molecule has 2 N–H and O–H groups in total. The number of aromatic nitrogens is 1. The van der Waals surface area contributed by atoms with Crippen molar-refractivity contribution in [3.8, 4) is 6.07 Å². The Bertz CT molecular complexity index is 1130. The summed E-state index contributed by atoms with van der Waals surface area (Å²) < 4.78 is 0. The molecule has 3 heterocycles. The van der Waals surface area contributed by atoms with Crippen molar-refractivity contribution in [3.63, 3.8) is 0 Å². The number of amides is 1. The summed E-state index contributed by atoms with van der Waals surface area (Å²) in [7, 11) is 0. The van der Waals surface area contributed by atoms with Crippen molar-refractivity contribution in [1.29, 1.82) is 5.26 Å². The fourth-order valence-electron chi connectivity index (χ4n) is 5.16. The van der Waals surface area contributed by atoms with Crippen LogP contribution in [0.1, 0.15) is 54.5 Å². The molecule has 0 saturated carbocycles. The lowest BCUT2D eigenvalue weighted by Gasteiger charge is -2.35. The number of likely N-dealkylation sites (tertiary alicyclic amines) is 1. The first-order chi connectivity index (χ1) is 17.0. The highest BCUT2D eigenvalue weighted by atomic mass is 32.2. The predicted octanol–water partition coefficient (Wildman–Crippen LogP) is 4.70. The van der Waals surface area contributed by atoms with Crippen LogP contribution in [-0.4, -0.2) is 48.5 Å². The molecule has 182 valence electrons. The predicted molar refractivity (Wildman–Crippen MR) is 139 cm³/mol. The van der Waals surface area contributed by atoms with Gasteiger partial charge in [-0.25, -0.2) is 9.83 Å². The molecule has 8 heteroatoms. The lowest BCUT2D eigenvalue weighted by Crippen LogP contribution is -2.38. The summed E-state index contributed by atoms with van der Waals surface area (Å²) in [5, 5.41) is 9.81. The van der Waals surface area contributed by atoms with Gasteiger partial charge in [-0.2, -0.15) is 5.26 Å². The zero-order chi connectivity index (χ0) is 24.8. The normalized spacial score (nSPS) is 17.6. The van der Waals surface area contributed by atoms with Gasteiger partial charge < -0.3 is 15.5 Å². The lowest BCUT2D eigenvalue weighted by atomic mass is 9.95. The van der Waals surface area contributed by atoms with E-state index in [0.29, 0.717) is 40.0 Å². The van der Waals surface area contributed by atoms with Crippen molar-refractivity contribution in [2.24, 2.45) is 11.7 Å². The number of nitrogens with two attached hydrogens (primary N) is 1. The fourth-order valence-corrected chi connectivity index (χ4v) is 6.22. The van der Waals surface area contributed by atoms with E-state index in [0.717, 1.165) is 38.0 Å². The summed E-state index contributed by atoms with van der Waals surface area (Å²) in [5.41, 5.74) is 8.07. The number of nitriles is 1. The highest BCUT2D eigenvalue weighted by Crippen LogP contribution is 2.43. The average molecular weight is 489 g/mol. The van der Waals surface area contributed by atoms with E-state index in [1.54, 1.807) is 0 Å². The SMILES string of the molecule is [C-]#[N+]c1c(N2CCC(CN3CCCC3)CC2)nc(SC(C(N)=O)c2ccccc2)c(C#N)c1CC. The van der Waals surface area contributed by atoms with Crippen LogP contribution in [0, 0.1) is 23.8 Å². The molecule has 0 spiro atoms. The fraction of sp³-hybridized carbons (Fsp3) is 0.481. The number of hydrogen-bond donors (Lipinski definition) is 1. The Balaban J connectivity index is 1.64. The summed E-state index contributed by atoms with van der Waals surface area (Å²) in [6.07, 6.45) is 5.28. The Labute approximate surface area is 212 Å². The number of primary amides is 1. The van der Waals surface area contributed by atoms with E-state index in [1.165, 1.54) is 37.7 Å². The van der Waals surface area contributed by atoms with Gasteiger partial charge in [0.05, 0.1) is 12.1 Å². The average Bonchev–Trinajstić information content (AvgIpc) is 3.40. The lowest BCUT2D eigenvalue weighted by molar-refractivity contribution is -0.117. The van der Waals surface area contributed by atoms with E-state index in [9.17, 15) is 10.1 Å². The van der Waals surface area contributed by atoms with Crippen LogP contribution >= 0.6 is 11.8 Å². The van der Waals surface area contributed by atoms with Gasteiger partial charge in [0.1, 0.15) is 22.2 Å². The Morgan fingerprint density at radius 3 is 2.51 bits per heavy atom. The van der Waals surface area contributed by atoms with Gasteiger partial charge in [0.25, 0.3) is 0 Å². The van der Waals surface area contributed by atoms with Crippen molar-refractivity contribution in [2.75, 3.05) is 37.6 Å². The number of piperidine rings is 1. The molecule has 2 aliphatic rings. The Morgan fingerprint density at radius 1 is 1.26 bits per heavy atom. The molecule has 2 fully saturated rings. The third-order valence-electron chi connectivity index (χ3n) is 7.02. The molecule has 7 nitrogen and oxygen atoms in total. The molecule has 1 unspecified atom stereocenters. The van der Waals surface area contributed by atoms with Crippen LogP contribution in [0.2, 0.25) is 0 Å². The van der Waals surface area contributed by atoms with Crippen molar-refractivity contribution in [2.45, 2.75) is 49.3 Å². The van der Waals surface area contributed by atoms with Crippen LogP contribution < -0.4 is 10.6 Å². The van der Waals surface area contributed by atoms with Gasteiger partial charge in [-0.1, -0.05) is 49.0 Å². The molecule has 4 rings (SSSR count). The molecule has 0 bridgehead atoms. The minimum Gasteiger partial charge on any atom is -0.368 e. The first-order valence-corrected chi connectivity index (χ1v) is 13.3. The first kappa shape index (κ1) is 25.0. The molecule has 1 aromatic heterocycles. The molecule has 2 saturated heterocycles. The quantitative estimate of drug-likeness (QED) is 0.428. The maximum absolute atomic E-state index is 12.4. The standard InChI is InChI=1S/C27H32N6OS/c1-3-21-22(17-28)27(35-24(25(29)34)20-9-5-4-6-10-20)31-26(23(21)30-2)33-15-11-19(12-16-33)18-32-13-7-8-14-32/h4-6,9-10,19,24H,3,7-8,11-16,18H2,1H3,(H2,29,34). The highest BCUT2D eigenvalue weighted by molar-refractivity contribution is 8.00. The molecule has 1 amide bonds. The monoisotopic (exact) mass is 488 g/mol. The molecular formula is C27H32N6OS. The maximum Gasteiger partial charge on any atom is 0.235 e. The number of benzene rings is 1. The number of thioether (sulfide) groups is 1. The van der Waals surface area contributed by atoms with Crippen LogP contribution in [-0.2, 0) is 11.2 Å². The van der Waals surface area contributed by atoms with Crippen molar-refractivity contribution < 1.29 is 4.79 Å². The van der Waals surface area contributed by atoms with E-state index in [4.69, 9.17) is 17.3 Å². The third kappa shape index (κ3) is 5.61. The number of anilines is 1. The van der Waals surface area contributed by atoms with Gasteiger partial charge in [-0.3, -0.25) is 4.79 Å². The minimum absolute atomic E-state index is 0.373. The summed E-state index contributed by atoms with van der Waals surface area (Å²) in [5.74, 6) is 0.814. The third-order valence-corrected chi connectivity index (χ3v) is 8.28. The molecule has 1 aromatic carbocycles. The second-order valence-corrected chi connectivity index (χ2v) is 10.4. The van der Waals surface area contributed by atoms with Crippen LogP contribution in [0.3, 0.4) is 0 Å². The topological polar surface area (TPSA) is 90.6 Å². The van der Waals surface area contributed by atoms with Gasteiger partial charge in [-0.05, 0) is 62.2 Å². The van der Waals surface area contributed by atoms with E-state index >= 15 is 0 Å². The van der Waals surface area contributed by atoms with Crippen molar-refractivity contribution >= 4 is 29.2 Å².